The molecule has 13 nitrogen and oxygen atoms in total. The summed E-state index contributed by atoms with van der Waals surface area (Å²) < 4.78 is 43.7. The van der Waals surface area contributed by atoms with Crippen molar-refractivity contribution in [2.24, 2.45) is 5.92 Å². The number of hydrogen-bond acceptors (Lipinski definition) is 10. The fourth-order valence-electron chi connectivity index (χ4n) is 4.39. The van der Waals surface area contributed by atoms with E-state index in [4.69, 9.17) is 23.3 Å². The molecule has 2 saturated heterocycles. The number of H-pyrrole nitrogens is 1. The van der Waals surface area contributed by atoms with Gasteiger partial charge in [-0.2, -0.15) is 4.98 Å². The Hall–Kier alpha value is -2.41. The number of nitrogens with zero attached hydrogens (tertiary/aromatic N) is 3. The van der Waals surface area contributed by atoms with Crippen molar-refractivity contribution in [1.29, 1.82) is 0 Å². The van der Waals surface area contributed by atoms with Crippen LogP contribution in [0, 0.1) is 5.92 Å². The van der Waals surface area contributed by atoms with Crippen LogP contribution in [-0.2, 0) is 32.6 Å². The average Bonchev–Trinajstić information content (AvgIpc) is 3.43. The van der Waals surface area contributed by atoms with Gasteiger partial charge in [-0.3, -0.25) is 29.0 Å². The van der Waals surface area contributed by atoms with Crippen LogP contribution >= 0.6 is 7.60 Å². The van der Waals surface area contributed by atoms with Crippen LogP contribution in [0.25, 0.3) is 11.2 Å². The molecular weight excluding hydrogens is 505 g/mol. The number of aromatic nitrogens is 4. The summed E-state index contributed by atoms with van der Waals surface area (Å²) in [5.74, 6) is 0.334. The molecule has 2 fully saturated rings. The maximum atomic E-state index is 12.9. The predicted octanol–water partition coefficient (Wildman–Crippen LogP) is 3.30. The Morgan fingerprint density at radius 1 is 1.27 bits per heavy atom. The second-order valence-electron chi connectivity index (χ2n) is 9.66. The van der Waals surface area contributed by atoms with Crippen molar-refractivity contribution in [1.82, 2.24) is 19.5 Å². The van der Waals surface area contributed by atoms with E-state index >= 15 is 0 Å². The van der Waals surface area contributed by atoms with E-state index in [9.17, 15) is 14.2 Å². The van der Waals surface area contributed by atoms with E-state index < -0.39 is 43.5 Å². The minimum Gasteiger partial charge on any atom is -0.345 e. The number of carbonyl (C=O) groups excluding carboxylic acids is 1. The van der Waals surface area contributed by atoms with Crippen molar-refractivity contribution in [2.45, 2.75) is 78.3 Å². The summed E-state index contributed by atoms with van der Waals surface area (Å²) >= 11 is 0. The summed E-state index contributed by atoms with van der Waals surface area (Å²) in [7, 11) is -3.47. The molecule has 4 heterocycles. The fourth-order valence-corrected chi connectivity index (χ4v) is 5.73. The van der Waals surface area contributed by atoms with Crippen LogP contribution in [0.3, 0.4) is 0 Å². The highest BCUT2D eigenvalue weighted by molar-refractivity contribution is 7.57. The molecule has 0 saturated carbocycles. The van der Waals surface area contributed by atoms with Gasteiger partial charge in [0.1, 0.15) is 18.3 Å². The fraction of sp³-hybridized carbons (Fsp3) is 0.652. The summed E-state index contributed by atoms with van der Waals surface area (Å²) in [5.41, 5.74) is -0.219. The van der Waals surface area contributed by atoms with E-state index in [-0.39, 0.29) is 48.6 Å². The van der Waals surface area contributed by atoms with Gasteiger partial charge in [0.05, 0.1) is 19.5 Å². The highest BCUT2D eigenvalue weighted by atomic mass is 31.2. The summed E-state index contributed by atoms with van der Waals surface area (Å²) in [5, 5.41) is 2.63. The highest BCUT2D eigenvalue weighted by Crippen LogP contribution is 2.51. The summed E-state index contributed by atoms with van der Waals surface area (Å²) in [6, 6.07) is 0. The Labute approximate surface area is 214 Å². The van der Waals surface area contributed by atoms with Gasteiger partial charge in [-0.05, 0) is 39.7 Å². The van der Waals surface area contributed by atoms with Gasteiger partial charge in [-0.25, -0.2) is 4.98 Å². The third-order valence-electron chi connectivity index (χ3n) is 5.70. The molecule has 0 bridgehead atoms. The quantitative estimate of drug-likeness (QED) is 0.430. The Kier molecular flexibility index (Phi) is 8.03. The number of hydrogen-bond donors (Lipinski definition) is 2. The van der Waals surface area contributed by atoms with Crippen LogP contribution < -0.4 is 10.9 Å². The third-order valence-corrected chi connectivity index (χ3v) is 7.47. The molecule has 14 heteroatoms. The Morgan fingerprint density at radius 3 is 2.59 bits per heavy atom. The normalized spacial score (nSPS) is 25.4. The zero-order valence-corrected chi connectivity index (χ0v) is 22.7. The molecule has 0 aliphatic carbocycles. The Bertz CT molecular complexity index is 1260. The maximum Gasteiger partial charge on any atom is 0.353 e. The van der Waals surface area contributed by atoms with Crippen molar-refractivity contribution in [2.75, 3.05) is 18.5 Å². The molecule has 2 aliphatic rings. The van der Waals surface area contributed by atoms with Gasteiger partial charge >= 0.3 is 7.60 Å². The van der Waals surface area contributed by atoms with Crippen molar-refractivity contribution in [3.63, 3.8) is 0 Å². The topological polar surface area (TPSA) is 156 Å². The van der Waals surface area contributed by atoms with Gasteiger partial charge in [0.2, 0.25) is 11.9 Å². The molecule has 2 aromatic rings. The SMILES string of the molecule is CCOP(=O)(C=C[C@H]1O[C@@H](n2cnc3c(=O)[nH]c(NC(=O)CC(C)C)nc32)[C@@H]2OC(C)(C)O[C@@H]21)OCC. The van der Waals surface area contributed by atoms with E-state index in [1.165, 1.54) is 12.1 Å². The van der Waals surface area contributed by atoms with E-state index in [1.807, 2.05) is 13.8 Å². The lowest BCUT2D eigenvalue weighted by atomic mass is 10.1. The molecule has 4 atom stereocenters. The summed E-state index contributed by atoms with van der Waals surface area (Å²) in [6.07, 6.45) is 0.691. The second kappa shape index (κ2) is 10.8. The lowest BCUT2D eigenvalue weighted by molar-refractivity contribution is -0.191. The minimum atomic E-state index is -3.47. The number of anilines is 1. The summed E-state index contributed by atoms with van der Waals surface area (Å²) in [4.78, 5) is 36.1. The smallest absolute Gasteiger partial charge is 0.345 e. The molecular formula is C23H34N5O8P. The van der Waals surface area contributed by atoms with Crippen molar-refractivity contribution >= 4 is 30.6 Å². The first kappa shape index (κ1) is 27.6. The lowest BCUT2D eigenvalue weighted by Gasteiger charge is -2.24. The van der Waals surface area contributed by atoms with Crippen molar-refractivity contribution in [3.8, 4) is 0 Å². The molecule has 1 amide bonds. The zero-order chi connectivity index (χ0) is 27.0. The number of imidazole rings is 1. The zero-order valence-electron chi connectivity index (χ0n) is 21.8. The number of fused-ring (bicyclic) bond motifs is 2. The first-order valence-electron chi connectivity index (χ1n) is 12.3. The van der Waals surface area contributed by atoms with Gasteiger partial charge in [-0.15, -0.1) is 0 Å². The van der Waals surface area contributed by atoms with Crippen molar-refractivity contribution < 1.29 is 32.6 Å². The second-order valence-corrected chi connectivity index (χ2v) is 11.6. The van der Waals surface area contributed by atoms with E-state index in [0.717, 1.165) is 0 Å². The molecule has 0 unspecified atom stereocenters. The molecule has 2 aromatic heterocycles. The molecule has 37 heavy (non-hydrogen) atoms. The first-order valence-corrected chi connectivity index (χ1v) is 13.9. The molecule has 2 aliphatic heterocycles. The standard InChI is InChI=1S/C23H34N5O8P/c1-7-32-37(31,33-8-2)10-9-14-17-18(36-23(5,6)35-17)21(34-14)28-12-24-16-19(28)26-22(27-20(16)30)25-15(29)11-13(3)4/h9-10,12-14,17-18,21H,7-8,11H2,1-6H3,(H2,25,26,27,29,30)/t14-,17-,18-,21-/m1/s1. The number of aromatic amines is 1. The predicted molar refractivity (Wildman–Crippen MR) is 134 cm³/mol. The van der Waals surface area contributed by atoms with Crippen LogP contribution in [0.4, 0.5) is 5.95 Å². The van der Waals surface area contributed by atoms with Gasteiger partial charge in [-0.1, -0.05) is 13.8 Å². The number of nitrogens with one attached hydrogen (secondary N) is 2. The van der Waals surface area contributed by atoms with Crippen molar-refractivity contribution in [3.05, 3.63) is 28.6 Å². The molecule has 204 valence electrons. The van der Waals surface area contributed by atoms with Crippen LogP contribution in [0.1, 0.15) is 54.2 Å². The van der Waals surface area contributed by atoms with Gasteiger partial charge in [0.15, 0.2) is 23.2 Å². The monoisotopic (exact) mass is 539 g/mol. The van der Waals surface area contributed by atoms with Crippen LogP contribution in [0.5, 0.6) is 0 Å². The molecule has 0 radical (unpaired) electrons. The Balaban J connectivity index is 1.67. The van der Waals surface area contributed by atoms with Crippen LogP contribution in [-0.4, -0.2) is 62.7 Å². The maximum absolute atomic E-state index is 12.9. The molecule has 0 aromatic carbocycles. The van der Waals surface area contributed by atoms with E-state index in [1.54, 1.807) is 38.3 Å². The highest BCUT2D eigenvalue weighted by Gasteiger charge is 2.55. The van der Waals surface area contributed by atoms with Gasteiger partial charge < -0.3 is 23.3 Å². The minimum absolute atomic E-state index is 0.00850. The van der Waals surface area contributed by atoms with Gasteiger partial charge in [0.25, 0.3) is 5.56 Å². The summed E-state index contributed by atoms with van der Waals surface area (Å²) in [6.45, 7) is 11.3. The van der Waals surface area contributed by atoms with E-state index in [2.05, 4.69) is 20.3 Å². The largest absolute Gasteiger partial charge is 0.353 e. The molecule has 2 N–H and O–H groups in total. The number of carbonyl (C=O) groups is 1. The number of ether oxygens (including phenoxy) is 3. The first-order chi connectivity index (χ1) is 17.4. The third kappa shape index (κ3) is 6.02. The average molecular weight is 540 g/mol. The lowest BCUT2D eigenvalue weighted by Crippen LogP contribution is -2.28. The van der Waals surface area contributed by atoms with Crippen LogP contribution in [0.2, 0.25) is 0 Å². The molecule has 4 rings (SSSR count). The van der Waals surface area contributed by atoms with Gasteiger partial charge in [0, 0.05) is 12.2 Å². The van der Waals surface area contributed by atoms with E-state index in [0.29, 0.717) is 0 Å². The Morgan fingerprint density at radius 2 is 1.95 bits per heavy atom. The number of amides is 1. The van der Waals surface area contributed by atoms with Crippen LogP contribution in [0.15, 0.2) is 23.0 Å². The molecule has 0 spiro atoms. The number of rotatable bonds is 10.